The lowest BCUT2D eigenvalue weighted by Crippen LogP contribution is -2.24. The van der Waals surface area contributed by atoms with Crippen LogP contribution in [0.3, 0.4) is 0 Å². The smallest absolute Gasteiger partial charge is 0.281 e. The molecule has 4 aromatic rings. The number of hydrogen-bond donors (Lipinski definition) is 1. The summed E-state index contributed by atoms with van der Waals surface area (Å²) >= 11 is 3.55. The molecule has 0 aliphatic heterocycles. The minimum absolute atomic E-state index is 0.119. The maximum atomic E-state index is 13.0. The molecule has 5 rings (SSSR count). The standard InChI is InChI=1S/C20H19BrN6O/c1-26-11-23-25-19(26)17(12-4-2-5-12)13-6-3-7-14(8-13)27-10-16(21)15-9-22-24-18(15)20(27)28/h3,6-12,17H,2,4-5H2,1H3,(H,22,24). The van der Waals surface area contributed by atoms with Crippen molar-refractivity contribution in [2.75, 3.05) is 0 Å². The van der Waals surface area contributed by atoms with Crippen LogP contribution in [0.15, 0.2) is 52.3 Å². The van der Waals surface area contributed by atoms with Gasteiger partial charge in [0.25, 0.3) is 5.56 Å². The minimum atomic E-state index is -0.119. The first-order chi connectivity index (χ1) is 13.6. The van der Waals surface area contributed by atoms with E-state index in [0.29, 0.717) is 11.4 Å². The van der Waals surface area contributed by atoms with Crippen molar-refractivity contribution in [3.63, 3.8) is 0 Å². The van der Waals surface area contributed by atoms with E-state index in [1.165, 1.54) is 19.3 Å². The Morgan fingerprint density at radius 2 is 2.18 bits per heavy atom. The van der Waals surface area contributed by atoms with Crippen LogP contribution in [0, 0.1) is 5.92 Å². The molecule has 1 saturated carbocycles. The monoisotopic (exact) mass is 438 g/mol. The molecule has 0 bridgehead atoms. The van der Waals surface area contributed by atoms with Gasteiger partial charge < -0.3 is 4.57 Å². The van der Waals surface area contributed by atoms with Crippen molar-refractivity contribution in [3.8, 4) is 5.69 Å². The predicted octanol–water partition coefficient (Wildman–Crippen LogP) is 3.54. The quantitative estimate of drug-likeness (QED) is 0.528. The number of aromatic amines is 1. The molecule has 1 atom stereocenters. The molecule has 1 aromatic carbocycles. The molecule has 0 spiro atoms. The first-order valence-corrected chi connectivity index (χ1v) is 10.1. The number of nitrogens with zero attached hydrogens (tertiary/aromatic N) is 5. The van der Waals surface area contributed by atoms with Crippen molar-refractivity contribution in [2.24, 2.45) is 13.0 Å². The third-order valence-electron chi connectivity index (χ3n) is 5.73. The molecule has 0 amide bonds. The molecule has 0 radical (unpaired) electrons. The van der Waals surface area contributed by atoms with E-state index in [1.54, 1.807) is 23.3 Å². The molecule has 142 valence electrons. The lowest BCUT2D eigenvalue weighted by molar-refractivity contribution is 0.274. The van der Waals surface area contributed by atoms with Gasteiger partial charge in [-0.15, -0.1) is 10.2 Å². The number of H-pyrrole nitrogens is 1. The second-order valence-electron chi connectivity index (χ2n) is 7.37. The number of fused-ring (bicyclic) bond motifs is 1. The Labute approximate surface area is 169 Å². The lowest BCUT2D eigenvalue weighted by Gasteiger charge is -2.33. The molecule has 1 aliphatic carbocycles. The third-order valence-corrected chi connectivity index (χ3v) is 6.36. The number of rotatable bonds is 4. The summed E-state index contributed by atoms with van der Waals surface area (Å²) in [7, 11) is 1.98. The van der Waals surface area contributed by atoms with Crippen LogP contribution in [0.5, 0.6) is 0 Å². The summed E-state index contributed by atoms with van der Waals surface area (Å²) in [6.45, 7) is 0. The van der Waals surface area contributed by atoms with Crippen molar-refractivity contribution in [1.29, 1.82) is 0 Å². The first kappa shape index (κ1) is 17.4. The highest BCUT2D eigenvalue weighted by Gasteiger charge is 2.33. The SMILES string of the molecule is Cn1cnnc1C(c1cccc(-n2cc(Br)c3cn[nH]c3c2=O)c1)C1CCC1. The zero-order chi connectivity index (χ0) is 19.3. The van der Waals surface area contributed by atoms with Gasteiger partial charge in [-0.05, 0) is 52.4 Å². The normalized spacial score (nSPS) is 15.6. The van der Waals surface area contributed by atoms with Crippen molar-refractivity contribution in [2.45, 2.75) is 25.2 Å². The van der Waals surface area contributed by atoms with E-state index in [9.17, 15) is 4.79 Å². The molecule has 1 aliphatic rings. The maximum Gasteiger partial charge on any atom is 0.281 e. The van der Waals surface area contributed by atoms with E-state index >= 15 is 0 Å². The second kappa shape index (κ2) is 6.70. The van der Waals surface area contributed by atoms with Crippen molar-refractivity contribution >= 4 is 26.8 Å². The van der Waals surface area contributed by atoms with Crippen LogP contribution in [0.4, 0.5) is 0 Å². The van der Waals surface area contributed by atoms with E-state index in [4.69, 9.17) is 0 Å². The van der Waals surface area contributed by atoms with Gasteiger partial charge in [-0.3, -0.25) is 14.5 Å². The number of aryl methyl sites for hydroxylation is 1. The minimum Gasteiger partial charge on any atom is -0.320 e. The van der Waals surface area contributed by atoms with Gasteiger partial charge in [0.2, 0.25) is 0 Å². The molecule has 1 fully saturated rings. The predicted molar refractivity (Wildman–Crippen MR) is 110 cm³/mol. The highest BCUT2D eigenvalue weighted by Crippen LogP contribution is 2.42. The summed E-state index contributed by atoms with van der Waals surface area (Å²) in [5.74, 6) is 1.70. The number of aromatic nitrogens is 6. The maximum absolute atomic E-state index is 13.0. The Balaban J connectivity index is 1.65. The summed E-state index contributed by atoms with van der Waals surface area (Å²) in [5.41, 5.74) is 2.35. The fourth-order valence-electron chi connectivity index (χ4n) is 4.03. The van der Waals surface area contributed by atoms with Gasteiger partial charge >= 0.3 is 0 Å². The number of pyridine rings is 1. The van der Waals surface area contributed by atoms with Crippen molar-refractivity contribution in [1.82, 2.24) is 29.5 Å². The van der Waals surface area contributed by atoms with Gasteiger partial charge in [-0.25, -0.2) is 0 Å². The Morgan fingerprint density at radius 1 is 1.32 bits per heavy atom. The summed E-state index contributed by atoms with van der Waals surface area (Å²) in [6, 6.07) is 8.17. The Kier molecular flexibility index (Phi) is 4.16. The largest absolute Gasteiger partial charge is 0.320 e. The molecule has 7 nitrogen and oxygen atoms in total. The van der Waals surface area contributed by atoms with Crippen LogP contribution in [-0.4, -0.2) is 29.5 Å². The molecule has 3 heterocycles. The first-order valence-electron chi connectivity index (χ1n) is 9.32. The molecule has 0 saturated heterocycles. The summed E-state index contributed by atoms with van der Waals surface area (Å²) < 4.78 is 4.47. The van der Waals surface area contributed by atoms with Crippen LogP contribution < -0.4 is 5.56 Å². The fourth-order valence-corrected chi connectivity index (χ4v) is 4.54. The summed E-state index contributed by atoms with van der Waals surface area (Å²) in [5, 5.41) is 16.1. The average molecular weight is 439 g/mol. The van der Waals surface area contributed by atoms with Crippen LogP contribution in [0.1, 0.15) is 36.6 Å². The lowest BCUT2D eigenvalue weighted by atomic mass is 9.72. The topological polar surface area (TPSA) is 81.4 Å². The zero-order valence-electron chi connectivity index (χ0n) is 15.3. The number of benzene rings is 1. The van der Waals surface area contributed by atoms with Gasteiger partial charge in [-0.2, -0.15) is 5.10 Å². The highest BCUT2D eigenvalue weighted by molar-refractivity contribution is 9.10. The average Bonchev–Trinajstić information content (AvgIpc) is 3.31. The Hall–Kier alpha value is -2.74. The molecule has 3 aromatic heterocycles. The van der Waals surface area contributed by atoms with E-state index in [-0.39, 0.29) is 11.5 Å². The Morgan fingerprint density at radius 3 is 2.89 bits per heavy atom. The van der Waals surface area contributed by atoms with Crippen LogP contribution in [0.2, 0.25) is 0 Å². The van der Waals surface area contributed by atoms with Gasteiger partial charge in [-0.1, -0.05) is 18.6 Å². The van der Waals surface area contributed by atoms with E-state index < -0.39 is 0 Å². The molecule has 1 unspecified atom stereocenters. The van der Waals surface area contributed by atoms with Gasteiger partial charge in [0.1, 0.15) is 17.7 Å². The molecular weight excluding hydrogens is 420 g/mol. The zero-order valence-corrected chi connectivity index (χ0v) is 16.9. The number of nitrogens with one attached hydrogen (secondary N) is 1. The molecule has 28 heavy (non-hydrogen) atoms. The van der Waals surface area contributed by atoms with Gasteiger partial charge in [0.15, 0.2) is 0 Å². The fraction of sp³-hybridized carbons (Fsp3) is 0.300. The van der Waals surface area contributed by atoms with Crippen molar-refractivity contribution < 1.29 is 0 Å². The van der Waals surface area contributed by atoms with Crippen LogP contribution >= 0.6 is 15.9 Å². The van der Waals surface area contributed by atoms with Gasteiger partial charge in [0.05, 0.1) is 6.20 Å². The van der Waals surface area contributed by atoms with E-state index in [0.717, 1.165) is 26.9 Å². The molecular formula is C20H19BrN6O. The van der Waals surface area contributed by atoms with E-state index in [2.05, 4.69) is 48.5 Å². The highest BCUT2D eigenvalue weighted by atomic mass is 79.9. The summed E-state index contributed by atoms with van der Waals surface area (Å²) in [6.07, 6.45) is 8.84. The van der Waals surface area contributed by atoms with Gasteiger partial charge in [0, 0.05) is 34.7 Å². The number of hydrogen-bond acceptors (Lipinski definition) is 4. The summed E-state index contributed by atoms with van der Waals surface area (Å²) in [4.78, 5) is 13.0. The van der Waals surface area contributed by atoms with Crippen LogP contribution in [-0.2, 0) is 7.05 Å². The third kappa shape index (κ3) is 2.71. The molecule has 1 N–H and O–H groups in total. The van der Waals surface area contributed by atoms with E-state index in [1.807, 2.05) is 23.7 Å². The number of halogens is 1. The van der Waals surface area contributed by atoms with Crippen LogP contribution in [0.25, 0.3) is 16.6 Å². The second-order valence-corrected chi connectivity index (χ2v) is 8.23. The Bertz CT molecular complexity index is 1220. The van der Waals surface area contributed by atoms with Crippen molar-refractivity contribution in [3.05, 3.63) is 69.2 Å². The molecule has 8 heteroatoms.